The molecule has 0 aliphatic heterocycles. The molecular weight excluding hydrogens is 586 g/mol. The van der Waals surface area contributed by atoms with Crippen LogP contribution < -0.4 is 0 Å². The number of rotatable bonds is 3. The molecule has 4 heteroatoms. The maximum atomic E-state index is 7.09. The molecule has 0 aromatic rings. The molecule has 0 fully saturated rings. The van der Waals surface area contributed by atoms with Crippen molar-refractivity contribution < 1.29 is 19.1 Å². The summed E-state index contributed by atoms with van der Waals surface area (Å²) >= 11 is -4.10. The summed E-state index contributed by atoms with van der Waals surface area (Å²) < 4.78 is 1.54. The van der Waals surface area contributed by atoms with Crippen LogP contribution in [-0.2, 0) is 19.1 Å². The van der Waals surface area contributed by atoms with Crippen molar-refractivity contribution in [1.82, 2.24) is 0 Å². The molecule has 0 bridgehead atoms. The van der Waals surface area contributed by atoms with Crippen LogP contribution in [-0.4, -0.2) is 18.3 Å². The van der Waals surface area contributed by atoms with Gasteiger partial charge in [0.25, 0.3) is 0 Å². The first-order valence-electron chi connectivity index (χ1n) is 9.55. The van der Waals surface area contributed by atoms with Crippen LogP contribution in [0.3, 0.4) is 0 Å². The Bertz CT molecular complexity index is 808. The van der Waals surface area contributed by atoms with Crippen LogP contribution in [0.1, 0.15) is 40.5 Å². The normalized spacial score (nSPS) is 33.2. The van der Waals surface area contributed by atoms with E-state index in [2.05, 4.69) is 75.7 Å². The van der Waals surface area contributed by atoms with Crippen LogP contribution in [0.5, 0.6) is 0 Å². The van der Waals surface area contributed by atoms with E-state index < -0.39 is 33.0 Å². The van der Waals surface area contributed by atoms with E-state index in [1.54, 1.807) is 9.92 Å². The second kappa shape index (κ2) is 7.77. The molecule has 3 aliphatic carbocycles. The fraction of sp³-hybridized carbons (Fsp3) is 0.500. The number of allylic oxidation sites excluding steroid dienone is 10. The van der Waals surface area contributed by atoms with Gasteiger partial charge in [0.1, 0.15) is 0 Å². The van der Waals surface area contributed by atoms with Gasteiger partial charge in [0.2, 0.25) is 0 Å². The van der Waals surface area contributed by atoms with Gasteiger partial charge in [-0.1, -0.05) is 0 Å². The summed E-state index contributed by atoms with van der Waals surface area (Å²) in [6, 6.07) is 0. The van der Waals surface area contributed by atoms with E-state index >= 15 is 0 Å². The molecule has 3 aliphatic rings. The molecule has 0 saturated carbocycles. The molecule has 0 amide bonds. The minimum absolute atomic E-state index is 0.0315. The molecule has 0 aromatic carbocycles. The monoisotopic (exact) mass is 617 g/mol. The van der Waals surface area contributed by atoms with Crippen molar-refractivity contribution >= 4 is 35.4 Å². The molecule has 0 nitrogen and oxygen atoms in total. The fourth-order valence-corrected chi connectivity index (χ4v) is 21.4. The first-order valence-corrected chi connectivity index (χ1v) is 25.5. The van der Waals surface area contributed by atoms with Gasteiger partial charge in [-0.3, -0.25) is 0 Å². The Morgan fingerprint density at radius 2 is 1.92 bits per heavy atom. The van der Waals surface area contributed by atoms with Crippen LogP contribution in [0.25, 0.3) is 0 Å². The summed E-state index contributed by atoms with van der Waals surface area (Å²) in [7, 11) is 14.2. The molecule has 0 spiro atoms. The zero-order valence-electron chi connectivity index (χ0n) is 16.7. The van der Waals surface area contributed by atoms with Crippen LogP contribution in [0.2, 0.25) is 14.7 Å². The summed E-state index contributed by atoms with van der Waals surface area (Å²) in [6.07, 6.45) is 15.9. The number of halogens is 2. The van der Waals surface area contributed by atoms with Gasteiger partial charge in [0, 0.05) is 0 Å². The third-order valence-corrected chi connectivity index (χ3v) is 21.5. The Morgan fingerprint density at radius 1 is 1.23 bits per heavy atom. The van der Waals surface area contributed by atoms with Crippen molar-refractivity contribution in [3.05, 3.63) is 58.7 Å². The third kappa shape index (κ3) is 2.82. The maximum absolute atomic E-state index is 7.09. The van der Waals surface area contributed by atoms with Gasteiger partial charge in [-0.15, -0.1) is 0 Å². The van der Waals surface area contributed by atoms with Gasteiger partial charge < -0.3 is 0 Å². The Hall–Kier alpha value is 0.563. The molecule has 3 rings (SSSR count). The van der Waals surface area contributed by atoms with Crippen molar-refractivity contribution in [2.24, 2.45) is 11.3 Å². The Kier molecular flexibility index (Phi) is 6.36. The predicted octanol–water partition coefficient (Wildman–Crippen LogP) is 7.34. The van der Waals surface area contributed by atoms with Crippen LogP contribution >= 0.6 is 17.2 Å². The van der Waals surface area contributed by atoms with Crippen LogP contribution in [0, 0.1) is 11.3 Å². The molecule has 0 heterocycles. The van der Waals surface area contributed by atoms with E-state index in [-0.39, 0.29) is 8.59 Å². The quantitative estimate of drug-likeness (QED) is 0.292. The van der Waals surface area contributed by atoms with Crippen molar-refractivity contribution in [3.8, 4) is 0 Å². The number of hydrogen-bond acceptors (Lipinski definition) is 0. The molecule has 0 radical (unpaired) electrons. The molecule has 3 unspecified atom stereocenters. The minimum atomic E-state index is -2.94. The van der Waals surface area contributed by atoms with Crippen molar-refractivity contribution in [2.75, 3.05) is 0 Å². The second-order valence-electron chi connectivity index (χ2n) is 8.18. The summed E-state index contributed by atoms with van der Waals surface area (Å²) in [6.45, 7) is 9.54. The third-order valence-electron chi connectivity index (χ3n) is 7.01. The van der Waals surface area contributed by atoms with Gasteiger partial charge in [-0.2, -0.15) is 0 Å². The van der Waals surface area contributed by atoms with E-state index in [1.807, 2.05) is 0 Å². The first kappa shape index (κ1) is 21.3. The zero-order valence-corrected chi connectivity index (χ0v) is 23.9. The summed E-state index contributed by atoms with van der Waals surface area (Å²) in [5.41, 5.74) is 6.04. The van der Waals surface area contributed by atoms with Gasteiger partial charge in [-0.05, 0) is 0 Å². The summed E-state index contributed by atoms with van der Waals surface area (Å²) in [4.78, 5) is 0. The molecule has 0 aromatic heterocycles. The fourth-order valence-electron chi connectivity index (χ4n) is 5.41. The number of hydrogen-bond donors (Lipinski definition) is 0. The van der Waals surface area contributed by atoms with Crippen LogP contribution in [0.15, 0.2) is 58.7 Å². The molecule has 0 N–H and O–H groups in total. The van der Waals surface area contributed by atoms with Crippen LogP contribution in [0.4, 0.5) is 0 Å². The summed E-state index contributed by atoms with van der Waals surface area (Å²) in [5, 5.41) is 0. The SMILES string of the molecule is CCC1(C)C(C)=C2C(=CC=C[C](=[Ge]([CH3])[CH3])C2C)[C]1(C1=CC=CC1)[Hf]([Cl])[Cl]. The van der Waals surface area contributed by atoms with E-state index in [0.717, 1.165) is 12.8 Å². The number of fused-ring (bicyclic) bond motifs is 1. The van der Waals surface area contributed by atoms with Crippen molar-refractivity contribution in [3.63, 3.8) is 0 Å². The molecule has 139 valence electrons. The topological polar surface area (TPSA) is 0 Å². The summed E-state index contributed by atoms with van der Waals surface area (Å²) in [5.74, 6) is 5.42. The Morgan fingerprint density at radius 3 is 2.42 bits per heavy atom. The van der Waals surface area contributed by atoms with Gasteiger partial charge in [0.05, 0.1) is 0 Å². The Balaban J connectivity index is 2.35. The van der Waals surface area contributed by atoms with E-state index in [4.69, 9.17) is 17.2 Å². The van der Waals surface area contributed by atoms with E-state index in [1.165, 1.54) is 16.7 Å². The molecular formula is C22H29Cl2GeHf. The zero-order chi connectivity index (χ0) is 19.3. The second-order valence-corrected chi connectivity index (χ2v) is 25.9. The predicted molar refractivity (Wildman–Crippen MR) is 116 cm³/mol. The molecule has 0 saturated heterocycles. The average Bonchev–Trinajstić information content (AvgIpc) is 3.12. The van der Waals surface area contributed by atoms with Gasteiger partial charge >= 0.3 is 180 Å². The first-order chi connectivity index (χ1) is 12.2. The van der Waals surface area contributed by atoms with Crippen molar-refractivity contribution in [2.45, 2.75) is 55.2 Å². The molecule has 3 atom stereocenters. The standard InChI is InChI=1S/C22H29Ge.2ClH.Hf/c1-7-22(4)16(3)20-15(2)19(23(5)6)14-10-13-18(20)21(22)17-11-8-9-12-17;;;/h8-11,13-15H,7,12H2,1-6H3;2*1H;/q;;;+2/p-2. The Labute approximate surface area is 178 Å². The van der Waals surface area contributed by atoms with Gasteiger partial charge in [0.15, 0.2) is 0 Å². The van der Waals surface area contributed by atoms with E-state index in [9.17, 15) is 0 Å². The van der Waals surface area contributed by atoms with Crippen molar-refractivity contribution in [1.29, 1.82) is 0 Å². The molecule has 26 heavy (non-hydrogen) atoms. The average molecular weight is 615 g/mol. The van der Waals surface area contributed by atoms with Gasteiger partial charge in [-0.25, -0.2) is 0 Å². The van der Waals surface area contributed by atoms with E-state index in [0.29, 0.717) is 5.92 Å².